The van der Waals surface area contributed by atoms with Gasteiger partial charge < -0.3 is 10.1 Å². The highest BCUT2D eigenvalue weighted by Gasteiger charge is 2.41. The minimum Gasteiger partial charge on any atom is -0.457 e. The Bertz CT molecular complexity index is 1040. The Hall–Kier alpha value is -2.91. The van der Waals surface area contributed by atoms with Crippen molar-refractivity contribution in [3.63, 3.8) is 0 Å². The molecule has 4 rings (SSSR count). The number of hydrogen-bond donors (Lipinski definition) is 1. The lowest BCUT2D eigenvalue weighted by Crippen LogP contribution is -2.42. The van der Waals surface area contributed by atoms with E-state index in [0.29, 0.717) is 17.9 Å². The summed E-state index contributed by atoms with van der Waals surface area (Å²) < 4.78 is 33.1. The summed E-state index contributed by atoms with van der Waals surface area (Å²) in [6, 6.07) is 12.9. The molecule has 2 saturated heterocycles. The number of nitrogens with zero attached hydrogens (tertiary/aromatic N) is 2. The van der Waals surface area contributed by atoms with Crippen LogP contribution in [-0.4, -0.2) is 55.2 Å². The number of hydrogen-bond acceptors (Lipinski definition) is 5. The van der Waals surface area contributed by atoms with E-state index in [2.05, 4.69) is 5.32 Å². The van der Waals surface area contributed by atoms with E-state index in [0.717, 1.165) is 10.5 Å². The molecule has 2 heterocycles. The zero-order chi connectivity index (χ0) is 20.6. The van der Waals surface area contributed by atoms with Gasteiger partial charge >= 0.3 is 6.03 Å². The van der Waals surface area contributed by atoms with E-state index in [-0.39, 0.29) is 30.4 Å². The molecule has 2 aromatic carbocycles. The molecule has 0 aliphatic carbocycles. The second-order valence-corrected chi connectivity index (χ2v) is 9.00. The van der Waals surface area contributed by atoms with Crippen molar-refractivity contribution in [2.75, 3.05) is 19.6 Å². The molecule has 0 spiro atoms. The molecule has 1 unspecified atom stereocenters. The highest BCUT2D eigenvalue weighted by molar-refractivity contribution is 7.89. The highest BCUT2D eigenvalue weighted by Crippen LogP contribution is 2.28. The number of sulfonamides is 1. The molecule has 0 radical (unpaired) electrons. The average molecular weight is 415 g/mol. The number of carbonyl (C=O) groups excluding carboxylic acids is 2. The quantitative estimate of drug-likeness (QED) is 0.755. The smallest absolute Gasteiger partial charge is 0.324 e. The van der Waals surface area contributed by atoms with Crippen molar-refractivity contribution in [3.8, 4) is 11.5 Å². The molecule has 0 aromatic heterocycles. The summed E-state index contributed by atoms with van der Waals surface area (Å²) in [5.74, 6) is 0.924. The third-order valence-corrected chi connectivity index (χ3v) is 7.03. The minimum absolute atomic E-state index is 0.0373. The van der Waals surface area contributed by atoms with Gasteiger partial charge in [0.2, 0.25) is 15.9 Å². The molecule has 0 saturated carbocycles. The standard InChI is InChI=1S/C20H21N3O5S/c1-14-4-2-3-5-18(14)28-16-6-8-17(9-7-16)29(26,27)22-11-10-15(13-22)23-19(24)12-21-20(23)25/h2-9,15H,10-13H2,1H3,(H,21,25). The Morgan fingerprint density at radius 2 is 1.79 bits per heavy atom. The van der Waals surface area contributed by atoms with Crippen molar-refractivity contribution in [3.05, 3.63) is 54.1 Å². The number of carbonyl (C=O) groups is 2. The van der Waals surface area contributed by atoms with E-state index in [1.54, 1.807) is 12.1 Å². The van der Waals surface area contributed by atoms with E-state index in [4.69, 9.17) is 4.74 Å². The van der Waals surface area contributed by atoms with Gasteiger partial charge in [0.05, 0.1) is 17.5 Å². The number of nitrogens with one attached hydrogen (secondary N) is 1. The van der Waals surface area contributed by atoms with Gasteiger partial charge in [-0.15, -0.1) is 0 Å². The van der Waals surface area contributed by atoms with E-state index in [1.807, 2.05) is 31.2 Å². The Balaban J connectivity index is 1.47. The lowest BCUT2D eigenvalue weighted by atomic mass is 10.2. The summed E-state index contributed by atoms with van der Waals surface area (Å²) in [7, 11) is -3.73. The van der Waals surface area contributed by atoms with Crippen LogP contribution in [0, 0.1) is 6.92 Å². The first kappa shape index (κ1) is 19.4. The molecule has 9 heteroatoms. The van der Waals surface area contributed by atoms with Crippen LogP contribution in [-0.2, 0) is 14.8 Å². The number of benzene rings is 2. The van der Waals surface area contributed by atoms with E-state index in [1.165, 1.54) is 16.4 Å². The van der Waals surface area contributed by atoms with Crippen molar-refractivity contribution in [2.24, 2.45) is 0 Å². The van der Waals surface area contributed by atoms with Crippen molar-refractivity contribution in [2.45, 2.75) is 24.3 Å². The van der Waals surface area contributed by atoms with E-state index >= 15 is 0 Å². The number of para-hydroxylation sites is 1. The van der Waals surface area contributed by atoms with Gasteiger partial charge in [0, 0.05) is 13.1 Å². The van der Waals surface area contributed by atoms with Crippen LogP contribution in [0.3, 0.4) is 0 Å². The SMILES string of the molecule is Cc1ccccc1Oc1ccc(S(=O)(=O)N2CCC(N3C(=O)CNC3=O)C2)cc1. The van der Waals surface area contributed by atoms with Crippen LogP contribution in [0.15, 0.2) is 53.4 Å². The fraction of sp³-hybridized carbons (Fsp3) is 0.300. The monoisotopic (exact) mass is 415 g/mol. The van der Waals surface area contributed by atoms with Gasteiger partial charge in [0.25, 0.3) is 0 Å². The van der Waals surface area contributed by atoms with Crippen molar-refractivity contribution >= 4 is 22.0 Å². The number of aryl methyl sites for hydroxylation is 1. The molecule has 29 heavy (non-hydrogen) atoms. The van der Waals surface area contributed by atoms with Crippen molar-refractivity contribution in [1.29, 1.82) is 0 Å². The Morgan fingerprint density at radius 1 is 1.07 bits per heavy atom. The van der Waals surface area contributed by atoms with Crippen molar-refractivity contribution < 1.29 is 22.7 Å². The summed E-state index contributed by atoms with van der Waals surface area (Å²) in [4.78, 5) is 25.0. The Kier molecular flexibility index (Phi) is 5.01. The first-order chi connectivity index (χ1) is 13.9. The molecule has 8 nitrogen and oxygen atoms in total. The molecule has 3 amide bonds. The van der Waals surface area contributed by atoms with E-state index in [9.17, 15) is 18.0 Å². The highest BCUT2D eigenvalue weighted by atomic mass is 32.2. The molecular weight excluding hydrogens is 394 g/mol. The number of rotatable bonds is 5. The average Bonchev–Trinajstić information content (AvgIpc) is 3.31. The lowest BCUT2D eigenvalue weighted by Gasteiger charge is -2.21. The summed E-state index contributed by atoms with van der Waals surface area (Å²) in [6.45, 7) is 2.25. The van der Waals surface area contributed by atoms with Crippen LogP contribution in [0.5, 0.6) is 11.5 Å². The van der Waals surface area contributed by atoms with Crippen molar-refractivity contribution in [1.82, 2.24) is 14.5 Å². The van der Waals surface area contributed by atoms with Gasteiger partial charge in [-0.2, -0.15) is 4.31 Å². The van der Waals surface area contributed by atoms with Crippen LogP contribution in [0.1, 0.15) is 12.0 Å². The third kappa shape index (κ3) is 3.70. The number of urea groups is 1. The van der Waals surface area contributed by atoms with Gasteiger partial charge in [0.1, 0.15) is 11.5 Å². The predicted octanol–water partition coefficient (Wildman–Crippen LogP) is 2.10. The summed E-state index contributed by atoms with van der Waals surface area (Å²) in [6.07, 6.45) is 0.423. The maximum Gasteiger partial charge on any atom is 0.324 e. The minimum atomic E-state index is -3.73. The van der Waals surface area contributed by atoms with Gasteiger partial charge in [0.15, 0.2) is 0 Å². The molecule has 2 aliphatic heterocycles. The van der Waals surface area contributed by atoms with Gasteiger partial charge in [-0.1, -0.05) is 18.2 Å². The zero-order valence-electron chi connectivity index (χ0n) is 15.9. The van der Waals surface area contributed by atoms with Crippen LogP contribution >= 0.6 is 0 Å². The molecule has 1 N–H and O–H groups in total. The third-order valence-electron chi connectivity index (χ3n) is 5.15. The second kappa shape index (κ2) is 7.49. The summed E-state index contributed by atoms with van der Waals surface area (Å²) >= 11 is 0. The second-order valence-electron chi connectivity index (χ2n) is 7.07. The molecule has 2 aliphatic rings. The first-order valence-electron chi connectivity index (χ1n) is 9.30. The van der Waals surface area contributed by atoms with Gasteiger partial charge in [-0.25, -0.2) is 13.2 Å². The molecule has 0 bridgehead atoms. The number of ether oxygens (including phenoxy) is 1. The fourth-order valence-corrected chi connectivity index (χ4v) is 5.06. The summed E-state index contributed by atoms with van der Waals surface area (Å²) in [5.41, 5.74) is 0.979. The molecule has 152 valence electrons. The molecular formula is C20H21N3O5S. The topological polar surface area (TPSA) is 96.0 Å². The Morgan fingerprint density at radius 3 is 2.45 bits per heavy atom. The normalized spacial score (nSPS) is 20.2. The maximum atomic E-state index is 13.0. The fourth-order valence-electron chi connectivity index (χ4n) is 3.57. The van der Waals surface area contributed by atoms with Gasteiger partial charge in [-0.3, -0.25) is 9.69 Å². The first-order valence-corrected chi connectivity index (χ1v) is 10.7. The zero-order valence-corrected chi connectivity index (χ0v) is 16.7. The predicted molar refractivity (Wildman–Crippen MR) is 105 cm³/mol. The lowest BCUT2D eigenvalue weighted by molar-refractivity contribution is -0.126. The molecule has 2 aromatic rings. The molecule has 2 fully saturated rings. The van der Waals surface area contributed by atoms with Crippen LogP contribution < -0.4 is 10.1 Å². The van der Waals surface area contributed by atoms with Gasteiger partial charge in [-0.05, 0) is 49.2 Å². The number of imide groups is 1. The summed E-state index contributed by atoms with van der Waals surface area (Å²) in [5, 5.41) is 2.47. The van der Waals surface area contributed by atoms with Crippen LogP contribution in [0.4, 0.5) is 4.79 Å². The number of amides is 3. The van der Waals surface area contributed by atoms with E-state index < -0.39 is 22.1 Å². The van der Waals surface area contributed by atoms with Crippen LogP contribution in [0.2, 0.25) is 0 Å². The Labute approximate surface area is 169 Å². The largest absolute Gasteiger partial charge is 0.457 e. The maximum absolute atomic E-state index is 13.0. The van der Waals surface area contributed by atoms with Crippen LogP contribution in [0.25, 0.3) is 0 Å². The molecule has 1 atom stereocenters.